The third-order valence-corrected chi connectivity index (χ3v) is 3.35. The van der Waals surface area contributed by atoms with Gasteiger partial charge >= 0.3 is 0 Å². The van der Waals surface area contributed by atoms with Gasteiger partial charge in [-0.2, -0.15) is 0 Å². The van der Waals surface area contributed by atoms with Crippen molar-refractivity contribution in [2.75, 3.05) is 6.54 Å². The molecule has 5 heteroatoms. The summed E-state index contributed by atoms with van der Waals surface area (Å²) in [7, 11) is 0. The number of aryl methyl sites for hydroxylation is 1. The number of halogens is 2. The molecule has 0 spiro atoms. The Bertz CT molecular complexity index is 572. The van der Waals surface area contributed by atoms with Gasteiger partial charge in [0.2, 0.25) is 0 Å². The third kappa shape index (κ3) is 3.44. The van der Waals surface area contributed by atoms with E-state index in [1.165, 1.54) is 0 Å². The third-order valence-electron chi connectivity index (χ3n) is 2.77. The topological polar surface area (TPSA) is 37.8 Å². The molecule has 0 bridgehead atoms. The SMILES string of the molecule is CCNC(c1ccnc(C)n1)c1cc(Cl)ccc1Cl. The fourth-order valence-corrected chi connectivity index (χ4v) is 2.36. The zero-order valence-electron chi connectivity index (χ0n) is 10.8. The summed E-state index contributed by atoms with van der Waals surface area (Å²) in [4.78, 5) is 8.58. The Balaban J connectivity index is 2.48. The van der Waals surface area contributed by atoms with E-state index in [9.17, 15) is 0 Å². The number of rotatable bonds is 4. The average Bonchev–Trinajstić information content (AvgIpc) is 2.39. The molecule has 1 heterocycles. The lowest BCUT2D eigenvalue weighted by Gasteiger charge is -2.19. The first-order chi connectivity index (χ1) is 9.11. The molecule has 1 unspecified atom stereocenters. The van der Waals surface area contributed by atoms with E-state index in [-0.39, 0.29) is 6.04 Å². The van der Waals surface area contributed by atoms with Crippen molar-refractivity contribution in [2.45, 2.75) is 19.9 Å². The van der Waals surface area contributed by atoms with E-state index in [4.69, 9.17) is 23.2 Å². The molecule has 0 saturated carbocycles. The molecular weight excluding hydrogens is 281 g/mol. The predicted molar refractivity (Wildman–Crippen MR) is 78.8 cm³/mol. The van der Waals surface area contributed by atoms with Crippen LogP contribution in [0.3, 0.4) is 0 Å². The molecule has 0 fully saturated rings. The highest BCUT2D eigenvalue weighted by atomic mass is 35.5. The van der Waals surface area contributed by atoms with Crippen molar-refractivity contribution in [1.29, 1.82) is 0 Å². The summed E-state index contributed by atoms with van der Waals surface area (Å²) >= 11 is 12.3. The van der Waals surface area contributed by atoms with E-state index in [0.29, 0.717) is 10.0 Å². The van der Waals surface area contributed by atoms with Crippen LogP contribution in [0.1, 0.15) is 30.0 Å². The molecular formula is C14H15Cl2N3. The number of nitrogens with zero attached hydrogens (tertiary/aromatic N) is 2. The summed E-state index contributed by atoms with van der Waals surface area (Å²) in [6.07, 6.45) is 1.75. The van der Waals surface area contributed by atoms with E-state index in [1.54, 1.807) is 18.3 Å². The summed E-state index contributed by atoms with van der Waals surface area (Å²) < 4.78 is 0. The van der Waals surface area contributed by atoms with Crippen molar-refractivity contribution < 1.29 is 0 Å². The van der Waals surface area contributed by atoms with Crippen molar-refractivity contribution in [3.8, 4) is 0 Å². The van der Waals surface area contributed by atoms with Gasteiger partial charge < -0.3 is 5.32 Å². The lowest BCUT2D eigenvalue weighted by Crippen LogP contribution is -2.23. The molecule has 0 radical (unpaired) electrons. The average molecular weight is 296 g/mol. The van der Waals surface area contributed by atoms with E-state index in [1.807, 2.05) is 26.0 Å². The molecule has 0 saturated heterocycles. The molecule has 2 rings (SSSR count). The van der Waals surface area contributed by atoms with Crippen LogP contribution in [0.5, 0.6) is 0 Å². The lowest BCUT2D eigenvalue weighted by molar-refractivity contribution is 0.612. The molecule has 1 N–H and O–H groups in total. The van der Waals surface area contributed by atoms with Gasteiger partial charge in [-0.1, -0.05) is 30.1 Å². The van der Waals surface area contributed by atoms with Crippen molar-refractivity contribution in [2.24, 2.45) is 0 Å². The highest BCUT2D eigenvalue weighted by Gasteiger charge is 2.18. The minimum absolute atomic E-state index is 0.0853. The van der Waals surface area contributed by atoms with Crippen molar-refractivity contribution in [3.05, 3.63) is 57.6 Å². The Morgan fingerprint density at radius 3 is 2.74 bits per heavy atom. The van der Waals surface area contributed by atoms with Gasteiger partial charge in [-0.25, -0.2) is 9.97 Å². The molecule has 0 aliphatic heterocycles. The second kappa shape index (κ2) is 6.33. The maximum atomic E-state index is 6.27. The van der Waals surface area contributed by atoms with Crippen LogP contribution in [0.25, 0.3) is 0 Å². The quantitative estimate of drug-likeness (QED) is 0.932. The van der Waals surface area contributed by atoms with Crippen LogP contribution < -0.4 is 5.32 Å². The van der Waals surface area contributed by atoms with Gasteiger partial charge in [0.15, 0.2) is 0 Å². The minimum Gasteiger partial charge on any atom is -0.305 e. The summed E-state index contributed by atoms with van der Waals surface area (Å²) in [6, 6.07) is 7.25. The van der Waals surface area contributed by atoms with Gasteiger partial charge in [0.25, 0.3) is 0 Å². The first-order valence-electron chi connectivity index (χ1n) is 6.09. The van der Waals surface area contributed by atoms with Crippen LogP contribution >= 0.6 is 23.2 Å². The van der Waals surface area contributed by atoms with Crippen LogP contribution in [0.4, 0.5) is 0 Å². The molecule has 0 aliphatic rings. The highest BCUT2D eigenvalue weighted by Crippen LogP contribution is 2.29. The van der Waals surface area contributed by atoms with Crippen molar-refractivity contribution in [3.63, 3.8) is 0 Å². The monoisotopic (exact) mass is 295 g/mol. The Kier molecular flexibility index (Phi) is 4.75. The van der Waals surface area contributed by atoms with E-state index in [2.05, 4.69) is 15.3 Å². The smallest absolute Gasteiger partial charge is 0.125 e. The molecule has 0 aliphatic carbocycles. The van der Waals surface area contributed by atoms with Crippen LogP contribution in [-0.2, 0) is 0 Å². The molecule has 19 heavy (non-hydrogen) atoms. The molecule has 1 atom stereocenters. The standard InChI is InChI=1S/C14H15Cl2N3/c1-3-17-14(13-6-7-18-9(2)19-13)11-8-10(15)4-5-12(11)16/h4-8,14,17H,3H2,1-2H3. The van der Waals surface area contributed by atoms with Gasteiger partial charge in [-0.15, -0.1) is 0 Å². The Morgan fingerprint density at radius 1 is 1.26 bits per heavy atom. The molecule has 1 aromatic heterocycles. The molecule has 0 amide bonds. The zero-order valence-corrected chi connectivity index (χ0v) is 12.3. The van der Waals surface area contributed by atoms with Gasteiger partial charge in [-0.3, -0.25) is 0 Å². The number of benzene rings is 1. The van der Waals surface area contributed by atoms with Crippen LogP contribution in [0.15, 0.2) is 30.5 Å². The summed E-state index contributed by atoms with van der Waals surface area (Å²) in [6.45, 7) is 4.71. The number of aromatic nitrogens is 2. The highest BCUT2D eigenvalue weighted by molar-refractivity contribution is 6.33. The largest absolute Gasteiger partial charge is 0.305 e. The molecule has 3 nitrogen and oxygen atoms in total. The van der Waals surface area contributed by atoms with E-state index < -0.39 is 0 Å². The lowest BCUT2D eigenvalue weighted by atomic mass is 10.0. The van der Waals surface area contributed by atoms with Gasteiger partial charge in [-0.05, 0) is 43.3 Å². The van der Waals surface area contributed by atoms with Gasteiger partial charge in [0, 0.05) is 16.2 Å². The Morgan fingerprint density at radius 2 is 2.05 bits per heavy atom. The Labute approximate surface area is 123 Å². The summed E-state index contributed by atoms with van der Waals surface area (Å²) in [5.74, 6) is 0.735. The van der Waals surface area contributed by atoms with E-state index in [0.717, 1.165) is 23.6 Å². The van der Waals surface area contributed by atoms with Gasteiger partial charge in [0.05, 0.1) is 11.7 Å². The number of hydrogen-bond acceptors (Lipinski definition) is 3. The van der Waals surface area contributed by atoms with Crippen LogP contribution in [0, 0.1) is 6.92 Å². The minimum atomic E-state index is -0.0853. The normalized spacial score (nSPS) is 12.4. The van der Waals surface area contributed by atoms with E-state index >= 15 is 0 Å². The number of nitrogens with one attached hydrogen (secondary N) is 1. The second-order valence-electron chi connectivity index (χ2n) is 4.19. The first kappa shape index (κ1) is 14.3. The second-order valence-corrected chi connectivity index (χ2v) is 5.03. The predicted octanol–water partition coefficient (Wildman–Crippen LogP) is 3.79. The molecule has 100 valence electrons. The maximum absolute atomic E-state index is 6.27. The number of hydrogen-bond donors (Lipinski definition) is 1. The fourth-order valence-electron chi connectivity index (χ4n) is 1.95. The summed E-state index contributed by atoms with van der Waals surface area (Å²) in [5, 5.41) is 4.71. The van der Waals surface area contributed by atoms with Crippen molar-refractivity contribution >= 4 is 23.2 Å². The first-order valence-corrected chi connectivity index (χ1v) is 6.85. The van der Waals surface area contributed by atoms with Crippen LogP contribution in [-0.4, -0.2) is 16.5 Å². The fraction of sp³-hybridized carbons (Fsp3) is 0.286. The maximum Gasteiger partial charge on any atom is 0.125 e. The van der Waals surface area contributed by atoms with Crippen LogP contribution in [0.2, 0.25) is 10.0 Å². The zero-order chi connectivity index (χ0) is 13.8. The van der Waals surface area contributed by atoms with Crippen molar-refractivity contribution in [1.82, 2.24) is 15.3 Å². The van der Waals surface area contributed by atoms with Gasteiger partial charge in [0.1, 0.15) is 5.82 Å². The molecule has 2 aromatic rings. The molecule has 1 aromatic carbocycles. The summed E-state index contributed by atoms with van der Waals surface area (Å²) in [5.41, 5.74) is 1.81. The Hall–Kier alpha value is -1.16.